The van der Waals surface area contributed by atoms with Crippen LogP contribution in [0.5, 0.6) is 11.6 Å². The van der Waals surface area contributed by atoms with E-state index in [1.165, 1.54) is 6.21 Å². The quantitative estimate of drug-likeness (QED) is 0.305. The van der Waals surface area contributed by atoms with Crippen LogP contribution in [0.3, 0.4) is 0 Å². The highest BCUT2D eigenvalue weighted by atomic mass is 16.5. The Morgan fingerprint density at radius 3 is 2.39 bits per heavy atom. The van der Waals surface area contributed by atoms with Gasteiger partial charge in [-0.2, -0.15) is 0 Å². The van der Waals surface area contributed by atoms with Crippen molar-refractivity contribution in [2.75, 3.05) is 24.6 Å². The van der Waals surface area contributed by atoms with Crippen molar-refractivity contribution in [2.24, 2.45) is 4.99 Å². The van der Waals surface area contributed by atoms with Gasteiger partial charge < -0.3 is 24.7 Å². The zero-order chi connectivity index (χ0) is 25.2. The summed E-state index contributed by atoms with van der Waals surface area (Å²) >= 11 is 0. The number of hydrogen-bond donors (Lipinski definition) is 4. The van der Waals surface area contributed by atoms with Crippen molar-refractivity contribution >= 4 is 28.6 Å². The Bertz CT molecular complexity index is 1600. The lowest BCUT2D eigenvalue weighted by atomic mass is 10.1. The van der Waals surface area contributed by atoms with E-state index in [2.05, 4.69) is 24.8 Å². The van der Waals surface area contributed by atoms with Gasteiger partial charge >= 0.3 is 11.4 Å². The molecule has 1 fully saturated rings. The van der Waals surface area contributed by atoms with Crippen molar-refractivity contribution in [3.05, 3.63) is 73.3 Å². The van der Waals surface area contributed by atoms with Gasteiger partial charge in [0.25, 0.3) is 5.56 Å². The number of hydrogen-bond acceptors (Lipinski definition) is 7. The summed E-state index contributed by atoms with van der Waals surface area (Å²) in [5, 5.41) is 10.9. The van der Waals surface area contributed by atoms with Crippen LogP contribution in [0.1, 0.15) is 31.7 Å². The predicted molar refractivity (Wildman–Crippen MR) is 138 cm³/mol. The standard InChI is InChI=1S/C25H26N6O5/c1-2-36-16-8-6-15(7-9-16)31-23(33)17(22(32)29-25(31)35)14-26-20-12-18-19(28-24(34)27-18)13-21(20)30-10-4-3-5-11-30/h6-9,12-14,33H,2-5,10-11H2,1H3,(H2,27,28,34)(H,29,32,35). The minimum atomic E-state index is -0.779. The van der Waals surface area contributed by atoms with E-state index < -0.39 is 17.1 Å². The van der Waals surface area contributed by atoms with Crippen molar-refractivity contribution < 1.29 is 9.84 Å². The Morgan fingerprint density at radius 1 is 1.00 bits per heavy atom. The van der Waals surface area contributed by atoms with Crippen LogP contribution >= 0.6 is 0 Å². The zero-order valence-electron chi connectivity index (χ0n) is 19.7. The molecule has 0 aliphatic carbocycles. The van der Waals surface area contributed by atoms with E-state index >= 15 is 0 Å². The Labute approximate surface area is 204 Å². The molecular formula is C25H26N6O5. The third kappa shape index (κ3) is 4.42. The van der Waals surface area contributed by atoms with E-state index in [4.69, 9.17) is 4.74 Å². The number of nitrogens with one attached hydrogen (secondary N) is 3. The first-order valence-corrected chi connectivity index (χ1v) is 11.8. The number of piperidine rings is 1. The van der Waals surface area contributed by atoms with Gasteiger partial charge in [0.15, 0.2) is 0 Å². The van der Waals surface area contributed by atoms with Crippen molar-refractivity contribution in [1.29, 1.82) is 0 Å². The predicted octanol–water partition coefficient (Wildman–Crippen LogP) is 2.54. The minimum Gasteiger partial charge on any atom is -0.494 e. The second kappa shape index (κ2) is 9.61. The molecule has 2 aromatic heterocycles. The highest BCUT2D eigenvalue weighted by molar-refractivity contribution is 5.91. The monoisotopic (exact) mass is 490 g/mol. The Kier molecular flexibility index (Phi) is 6.19. The lowest BCUT2D eigenvalue weighted by molar-refractivity contribution is 0.340. The van der Waals surface area contributed by atoms with Gasteiger partial charge in [0.05, 0.1) is 34.7 Å². The summed E-state index contributed by atoms with van der Waals surface area (Å²) < 4.78 is 6.42. The Hall–Kier alpha value is -4.54. The number of aliphatic imine (C=N–C) groups is 1. The van der Waals surface area contributed by atoms with Gasteiger partial charge in [-0.3, -0.25) is 14.8 Å². The highest BCUT2D eigenvalue weighted by Gasteiger charge is 2.18. The highest BCUT2D eigenvalue weighted by Crippen LogP contribution is 2.34. The van der Waals surface area contributed by atoms with Gasteiger partial charge in [-0.25, -0.2) is 14.2 Å². The first-order chi connectivity index (χ1) is 17.4. The third-order valence-electron chi connectivity index (χ3n) is 6.17. The van der Waals surface area contributed by atoms with Crippen LogP contribution in [0.15, 0.2) is 55.8 Å². The summed E-state index contributed by atoms with van der Waals surface area (Å²) in [6.45, 7) is 4.04. The molecule has 0 unspecified atom stereocenters. The van der Waals surface area contributed by atoms with Crippen LogP contribution in [-0.2, 0) is 0 Å². The van der Waals surface area contributed by atoms with Crippen molar-refractivity contribution in [2.45, 2.75) is 26.2 Å². The number of anilines is 1. The fourth-order valence-electron chi connectivity index (χ4n) is 4.44. The number of aromatic nitrogens is 4. The molecule has 2 aromatic carbocycles. The van der Waals surface area contributed by atoms with Crippen LogP contribution in [0, 0.1) is 0 Å². The van der Waals surface area contributed by atoms with E-state index in [1.807, 2.05) is 13.0 Å². The smallest absolute Gasteiger partial charge is 0.335 e. The summed E-state index contributed by atoms with van der Waals surface area (Å²) in [4.78, 5) is 51.4. The summed E-state index contributed by atoms with van der Waals surface area (Å²) in [7, 11) is 0. The lowest BCUT2D eigenvalue weighted by Crippen LogP contribution is -2.31. The van der Waals surface area contributed by atoms with E-state index in [9.17, 15) is 19.5 Å². The van der Waals surface area contributed by atoms with Crippen LogP contribution < -0.4 is 26.6 Å². The molecule has 5 rings (SSSR count). The fourth-order valence-corrected chi connectivity index (χ4v) is 4.44. The van der Waals surface area contributed by atoms with Crippen LogP contribution in [0.4, 0.5) is 11.4 Å². The molecule has 36 heavy (non-hydrogen) atoms. The molecule has 186 valence electrons. The molecule has 11 heteroatoms. The maximum atomic E-state index is 12.6. The van der Waals surface area contributed by atoms with Gasteiger partial charge in [-0.15, -0.1) is 0 Å². The number of rotatable bonds is 6. The molecule has 0 amide bonds. The first kappa shape index (κ1) is 23.2. The Balaban J connectivity index is 1.59. The van der Waals surface area contributed by atoms with Crippen molar-refractivity contribution in [3.8, 4) is 17.3 Å². The molecule has 0 spiro atoms. The number of ether oxygens (including phenoxy) is 1. The number of benzene rings is 2. The summed E-state index contributed by atoms with van der Waals surface area (Å²) in [6.07, 6.45) is 4.46. The van der Waals surface area contributed by atoms with Crippen LogP contribution in [0.25, 0.3) is 16.7 Å². The number of aromatic amines is 3. The number of H-pyrrole nitrogens is 3. The average Bonchev–Trinajstić information content (AvgIpc) is 3.23. The van der Waals surface area contributed by atoms with E-state index in [1.54, 1.807) is 30.3 Å². The summed E-state index contributed by atoms with van der Waals surface area (Å²) in [5.74, 6) is 0.0794. The van der Waals surface area contributed by atoms with Crippen molar-refractivity contribution in [3.63, 3.8) is 0 Å². The maximum absolute atomic E-state index is 12.6. The largest absolute Gasteiger partial charge is 0.494 e. The number of fused-ring (bicyclic) bond motifs is 1. The maximum Gasteiger partial charge on any atom is 0.335 e. The van der Waals surface area contributed by atoms with E-state index in [0.717, 1.165) is 42.6 Å². The normalized spacial score (nSPS) is 14.1. The first-order valence-electron chi connectivity index (χ1n) is 11.8. The number of nitrogens with zero attached hydrogens (tertiary/aromatic N) is 3. The molecule has 4 N–H and O–H groups in total. The van der Waals surface area contributed by atoms with Gasteiger partial charge in [0.2, 0.25) is 5.88 Å². The zero-order valence-corrected chi connectivity index (χ0v) is 19.7. The van der Waals surface area contributed by atoms with Gasteiger partial charge in [-0.1, -0.05) is 0 Å². The SMILES string of the molecule is CCOc1ccc(-n2c(O)c(C=Nc3cc4[nH]c(=O)[nH]c4cc3N3CCCCC3)c(=O)[nH]c2=O)cc1. The summed E-state index contributed by atoms with van der Waals surface area (Å²) in [5.41, 5.74) is 0.879. The number of aromatic hydroxyl groups is 1. The number of imidazole rings is 1. The molecule has 3 heterocycles. The van der Waals surface area contributed by atoms with Gasteiger partial charge in [0, 0.05) is 19.3 Å². The topological polar surface area (TPSA) is 149 Å². The van der Waals surface area contributed by atoms with Gasteiger partial charge in [0.1, 0.15) is 11.3 Å². The molecule has 11 nitrogen and oxygen atoms in total. The molecule has 0 saturated carbocycles. The van der Waals surface area contributed by atoms with Crippen LogP contribution in [0.2, 0.25) is 0 Å². The lowest BCUT2D eigenvalue weighted by Gasteiger charge is -2.29. The van der Waals surface area contributed by atoms with Crippen molar-refractivity contribution in [1.82, 2.24) is 19.5 Å². The Morgan fingerprint density at radius 2 is 1.69 bits per heavy atom. The molecule has 0 bridgehead atoms. The van der Waals surface area contributed by atoms with Gasteiger partial charge in [-0.05, 0) is 62.6 Å². The fraction of sp³-hybridized carbons (Fsp3) is 0.280. The third-order valence-corrected chi connectivity index (χ3v) is 6.17. The van der Waals surface area contributed by atoms with E-state index in [-0.39, 0.29) is 11.3 Å². The molecule has 1 aliphatic heterocycles. The summed E-state index contributed by atoms with van der Waals surface area (Å²) in [6, 6.07) is 10.1. The molecule has 0 radical (unpaired) electrons. The molecule has 1 saturated heterocycles. The van der Waals surface area contributed by atoms with E-state index in [0.29, 0.717) is 34.8 Å². The molecule has 4 aromatic rings. The molecule has 1 aliphatic rings. The molecular weight excluding hydrogens is 464 g/mol. The second-order valence-electron chi connectivity index (χ2n) is 8.53. The molecule has 0 atom stereocenters. The van der Waals surface area contributed by atoms with Crippen LogP contribution in [-0.4, -0.2) is 50.5 Å². The average molecular weight is 491 g/mol. The minimum absolute atomic E-state index is 0.171. The second-order valence-corrected chi connectivity index (χ2v) is 8.53.